The van der Waals surface area contributed by atoms with Crippen LogP contribution in [0.3, 0.4) is 0 Å². The topological polar surface area (TPSA) is 114 Å². The number of nitrogens with one attached hydrogen (secondary N) is 2. The van der Waals surface area contributed by atoms with E-state index in [-0.39, 0.29) is 24.1 Å². The van der Waals surface area contributed by atoms with E-state index in [0.29, 0.717) is 17.3 Å². The quantitative estimate of drug-likeness (QED) is 0.245. The summed E-state index contributed by atoms with van der Waals surface area (Å²) in [5.41, 5.74) is 0. The molecule has 0 heterocycles. The second-order valence-corrected chi connectivity index (χ2v) is 9.90. The van der Waals surface area contributed by atoms with Crippen LogP contribution in [0.15, 0.2) is 0 Å². The normalized spacial score (nSPS) is 12.9. The van der Waals surface area contributed by atoms with E-state index in [2.05, 4.69) is 10.6 Å². The minimum Gasteiger partial charge on any atom is -0.480 e. The van der Waals surface area contributed by atoms with E-state index < -0.39 is 25.5 Å². The Kier molecular flexibility index (Phi) is 12.3. The third kappa shape index (κ3) is 12.6. The third-order valence-corrected chi connectivity index (χ3v) is 6.43. The van der Waals surface area contributed by atoms with Gasteiger partial charge in [0, 0.05) is 19.2 Å². The third-order valence-electron chi connectivity index (χ3n) is 2.68. The van der Waals surface area contributed by atoms with Gasteiger partial charge in [-0.25, -0.2) is 4.79 Å². The van der Waals surface area contributed by atoms with Crippen molar-refractivity contribution in [2.75, 3.05) is 18.5 Å². The monoisotopic (exact) mass is 428 g/mol. The van der Waals surface area contributed by atoms with E-state index in [4.69, 9.17) is 26.4 Å². The van der Waals surface area contributed by atoms with Gasteiger partial charge in [-0.1, -0.05) is 24.0 Å². The summed E-state index contributed by atoms with van der Waals surface area (Å²) in [6.07, 6.45) is 0.371. The summed E-state index contributed by atoms with van der Waals surface area (Å²) in [6, 6.07) is -1.00. The molecule has 0 fully saturated rings. The first kappa shape index (κ1) is 25.3. The van der Waals surface area contributed by atoms with Gasteiger partial charge in [0.1, 0.15) is 10.4 Å². The number of thiocarbonyl (C=S) groups is 1. The van der Waals surface area contributed by atoms with Crippen molar-refractivity contribution < 1.29 is 28.3 Å². The minimum atomic E-state index is -3.17. The summed E-state index contributed by atoms with van der Waals surface area (Å²) in [5, 5.41) is 14.3. The maximum absolute atomic E-state index is 12.7. The molecule has 1 amide bonds. The van der Waals surface area contributed by atoms with Crippen LogP contribution in [-0.2, 0) is 23.2 Å². The van der Waals surface area contributed by atoms with Crippen LogP contribution in [0.2, 0.25) is 0 Å². The molecule has 26 heavy (non-hydrogen) atoms. The molecule has 0 aromatic carbocycles. The van der Waals surface area contributed by atoms with Gasteiger partial charge in [0.15, 0.2) is 0 Å². The number of amides is 1. The second kappa shape index (κ2) is 12.7. The maximum Gasteiger partial charge on any atom is 0.331 e. The number of rotatable bonds is 12. The molecule has 11 heteroatoms. The van der Waals surface area contributed by atoms with Crippen molar-refractivity contribution in [3.63, 3.8) is 0 Å². The van der Waals surface area contributed by atoms with Gasteiger partial charge >= 0.3 is 13.6 Å². The second-order valence-electron chi connectivity index (χ2n) is 6.11. The molecule has 0 aromatic heterocycles. The lowest BCUT2D eigenvalue weighted by atomic mass is 10.3. The highest BCUT2D eigenvalue weighted by molar-refractivity contribution is 8.23. The van der Waals surface area contributed by atoms with Crippen LogP contribution in [-0.4, -0.2) is 58.0 Å². The van der Waals surface area contributed by atoms with Crippen LogP contribution in [0.5, 0.6) is 0 Å². The smallest absolute Gasteiger partial charge is 0.331 e. The number of carboxylic acid groups (broad SMARTS) is 1. The summed E-state index contributed by atoms with van der Waals surface area (Å²) in [6.45, 7) is 8.91. The van der Waals surface area contributed by atoms with Crippen LogP contribution in [0, 0.1) is 0 Å². The molecule has 0 aliphatic rings. The Bertz CT molecular complexity index is 516. The molecule has 0 saturated carbocycles. The number of aliphatic carboxylic acids is 1. The highest BCUT2D eigenvalue weighted by Gasteiger charge is 2.27. The maximum atomic E-state index is 12.7. The van der Waals surface area contributed by atoms with E-state index in [9.17, 15) is 14.2 Å². The predicted molar refractivity (Wildman–Crippen MR) is 108 cm³/mol. The van der Waals surface area contributed by atoms with Gasteiger partial charge in [0.25, 0.3) is 0 Å². The largest absolute Gasteiger partial charge is 0.480 e. The summed E-state index contributed by atoms with van der Waals surface area (Å²) in [4.78, 5) is 22.0. The summed E-state index contributed by atoms with van der Waals surface area (Å²) in [7, 11) is -3.17. The van der Waals surface area contributed by atoms with E-state index in [1.807, 2.05) is 0 Å². The zero-order chi connectivity index (χ0) is 20.3. The molecule has 152 valence electrons. The van der Waals surface area contributed by atoms with Crippen LogP contribution >= 0.6 is 31.6 Å². The highest BCUT2D eigenvalue weighted by atomic mass is 32.2. The molecule has 0 bridgehead atoms. The van der Waals surface area contributed by atoms with Gasteiger partial charge in [-0.15, -0.1) is 0 Å². The SMILES string of the molecule is CC(=O)N[C@@H](CSC(=S)NCCCP(=O)(OC(C)C)OC(C)C)C(=O)O. The standard InChI is InChI=1S/C15H29N2O6PS2/c1-10(2)22-24(21,23-11(3)4)8-6-7-16-15(25)26-9-13(14(19)20)17-12(5)18/h10-11,13H,6-9H2,1-5H3,(H,16,25)(H,17,18)(H,19,20)/t13-/m0/s1. The van der Waals surface area contributed by atoms with E-state index in [1.54, 1.807) is 27.7 Å². The Hall–Kier alpha value is -0.670. The van der Waals surface area contributed by atoms with E-state index in [0.717, 1.165) is 11.8 Å². The zero-order valence-corrected chi connectivity index (χ0v) is 18.3. The lowest BCUT2D eigenvalue weighted by Crippen LogP contribution is -2.42. The Morgan fingerprint density at radius 3 is 2.15 bits per heavy atom. The fourth-order valence-corrected chi connectivity index (χ4v) is 5.01. The fourth-order valence-electron chi connectivity index (χ4n) is 1.87. The molecule has 0 spiro atoms. The number of carbonyl (C=O) groups excluding carboxylic acids is 1. The first-order valence-electron chi connectivity index (χ1n) is 8.31. The molecule has 0 unspecified atom stereocenters. The summed E-state index contributed by atoms with van der Waals surface area (Å²) >= 11 is 6.26. The molecule has 1 atom stereocenters. The van der Waals surface area contributed by atoms with Gasteiger partial charge in [-0.3, -0.25) is 9.36 Å². The Morgan fingerprint density at radius 2 is 1.73 bits per heavy atom. The zero-order valence-electron chi connectivity index (χ0n) is 15.8. The van der Waals surface area contributed by atoms with Gasteiger partial charge in [-0.05, 0) is 34.1 Å². The highest BCUT2D eigenvalue weighted by Crippen LogP contribution is 2.50. The van der Waals surface area contributed by atoms with Crippen molar-refractivity contribution in [2.24, 2.45) is 0 Å². The molecule has 0 rings (SSSR count). The number of carboxylic acids is 1. The van der Waals surface area contributed by atoms with Crippen LogP contribution < -0.4 is 10.6 Å². The molecule has 8 nitrogen and oxygen atoms in total. The van der Waals surface area contributed by atoms with Gasteiger partial charge in [0.05, 0.1) is 18.4 Å². The van der Waals surface area contributed by atoms with Crippen molar-refractivity contribution in [1.29, 1.82) is 0 Å². The number of hydrogen-bond acceptors (Lipinski definition) is 7. The number of hydrogen-bond donors (Lipinski definition) is 3. The van der Waals surface area contributed by atoms with Crippen LogP contribution in [0.1, 0.15) is 41.0 Å². The molecule has 0 aliphatic heterocycles. The average molecular weight is 429 g/mol. The van der Waals surface area contributed by atoms with E-state index in [1.165, 1.54) is 6.92 Å². The van der Waals surface area contributed by atoms with Gasteiger partial charge < -0.3 is 24.8 Å². The van der Waals surface area contributed by atoms with E-state index >= 15 is 0 Å². The van der Waals surface area contributed by atoms with Gasteiger partial charge in [0.2, 0.25) is 5.91 Å². The van der Waals surface area contributed by atoms with Crippen molar-refractivity contribution in [1.82, 2.24) is 10.6 Å². The first-order valence-corrected chi connectivity index (χ1v) is 11.4. The molecule has 3 N–H and O–H groups in total. The van der Waals surface area contributed by atoms with Crippen molar-refractivity contribution in [3.05, 3.63) is 0 Å². The van der Waals surface area contributed by atoms with Crippen LogP contribution in [0.25, 0.3) is 0 Å². The predicted octanol–water partition coefficient (Wildman–Crippen LogP) is 2.62. The molecule has 0 aliphatic carbocycles. The Balaban J connectivity index is 4.28. The summed E-state index contributed by atoms with van der Waals surface area (Å²) in [5.74, 6) is -1.41. The molecular formula is C15H29N2O6PS2. The molecule has 0 saturated heterocycles. The fraction of sp³-hybridized carbons (Fsp3) is 0.800. The van der Waals surface area contributed by atoms with Crippen molar-refractivity contribution in [3.8, 4) is 0 Å². The molecular weight excluding hydrogens is 399 g/mol. The molecule has 0 radical (unpaired) electrons. The summed E-state index contributed by atoms with van der Waals surface area (Å²) < 4.78 is 24.0. The van der Waals surface area contributed by atoms with Crippen molar-refractivity contribution >= 4 is 47.8 Å². The first-order chi connectivity index (χ1) is 11.9. The molecule has 0 aromatic rings. The Labute approximate surface area is 164 Å². The lowest BCUT2D eigenvalue weighted by Gasteiger charge is -2.22. The van der Waals surface area contributed by atoms with Crippen molar-refractivity contribution in [2.45, 2.75) is 59.3 Å². The number of carbonyl (C=O) groups is 2. The average Bonchev–Trinajstić information content (AvgIpc) is 2.45. The lowest BCUT2D eigenvalue weighted by molar-refractivity contribution is -0.140. The minimum absolute atomic E-state index is 0.117. The Morgan fingerprint density at radius 1 is 1.19 bits per heavy atom. The number of thioether (sulfide) groups is 1. The van der Waals surface area contributed by atoms with Gasteiger partial charge in [-0.2, -0.15) is 0 Å². The van der Waals surface area contributed by atoms with Crippen LogP contribution in [0.4, 0.5) is 0 Å².